The molecule has 158 valence electrons. The lowest BCUT2D eigenvalue weighted by Gasteiger charge is -2.34. The summed E-state index contributed by atoms with van der Waals surface area (Å²) < 4.78 is 32.3. The van der Waals surface area contributed by atoms with E-state index in [-0.39, 0.29) is 30.4 Å². The molecule has 1 aromatic heterocycles. The van der Waals surface area contributed by atoms with Crippen LogP contribution in [0.2, 0.25) is 0 Å². The fourth-order valence-electron chi connectivity index (χ4n) is 3.12. The summed E-state index contributed by atoms with van der Waals surface area (Å²) in [4.78, 5) is 17.7. The SMILES string of the molecule is CC1CN(S(=O)(=O)CCNC(=O)c2ccccc2SCc2cscn2)CC(C)O1. The highest BCUT2D eigenvalue weighted by Crippen LogP contribution is 2.26. The Morgan fingerprint density at radius 3 is 2.72 bits per heavy atom. The minimum absolute atomic E-state index is 0.0619. The highest BCUT2D eigenvalue weighted by atomic mass is 32.2. The third kappa shape index (κ3) is 6.26. The Labute approximate surface area is 179 Å². The van der Waals surface area contributed by atoms with Crippen LogP contribution in [0.4, 0.5) is 0 Å². The molecule has 10 heteroatoms. The van der Waals surface area contributed by atoms with Crippen molar-refractivity contribution >= 4 is 39.0 Å². The molecule has 1 N–H and O–H groups in total. The zero-order chi connectivity index (χ0) is 20.9. The van der Waals surface area contributed by atoms with Crippen LogP contribution < -0.4 is 5.32 Å². The number of ether oxygens (including phenoxy) is 1. The molecule has 1 aliphatic heterocycles. The van der Waals surface area contributed by atoms with E-state index in [9.17, 15) is 13.2 Å². The lowest BCUT2D eigenvalue weighted by molar-refractivity contribution is -0.0440. The van der Waals surface area contributed by atoms with Crippen LogP contribution in [-0.4, -0.2) is 61.2 Å². The van der Waals surface area contributed by atoms with Gasteiger partial charge < -0.3 is 10.1 Å². The van der Waals surface area contributed by atoms with Gasteiger partial charge in [0.1, 0.15) is 0 Å². The Kier molecular flexibility index (Phi) is 7.69. The quantitative estimate of drug-likeness (QED) is 0.616. The van der Waals surface area contributed by atoms with Crippen LogP contribution in [0.25, 0.3) is 0 Å². The maximum Gasteiger partial charge on any atom is 0.252 e. The molecule has 0 spiro atoms. The summed E-state index contributed by atoms with van der Waals surface area (Å²) in [7, 11) is -3.45. The number of amides is 1. The Bertz CT molecular complexity index is 909. The standard InChI is InChI=1S/C19H25N3O4S3/c1-14-9-22(10-15(2)26-14)29(24,25)8-7-20-19(23)17-5-3-4-6-18(17)28-12-16-11-27-13-21-16/h3-6,11,13-15H,7-10,12H2,1-2H3,(H,20,23). The number of nitrogens with one attached hydrogen (secondary N) is 1. The summed E-state index contributed by atoms with van der Waals surface area (Å²) >= 11 is 3.08. The minimum atomic E-state index is -3.45. The molecule has 1 aromatic carbocycles. The van der Waals surface area contributed by atoms with Crippen molar-refractivity contribution in [2.75, 3.05) is 25.4 Å². The van der Waals surface area contributed by atoms with Crippen molar-refractivity contribution in [3.63, 3.8) is 0 Å². The van der Waals surface area contributed by atoms with Gasteiger partial charge in [-0.3, -0.25) is 4.79 Å². The summed E-state index contributed by atoms with van der Waals surface area (Å²) in [5, 5.41) is 4.73. The summed E-state index contributed by atoms with van der Waals surface area (Å²) in [5.41, 5.74) is 3.29. The topological polar surface area (TPSA) is 88.6 Å². The monoisotopic (exact) mass is 455 g/mol. The number of thioether (sulfide) groups is 1. The average Bonchev–Trinajstić information content (AvgIpc) is 3.19. The maximum absolute atomic E-state index is 12.6. The van der Waals surface area contributed by atoms with Crippen molar-refractivity contribution in [3.05, 3.63) is 46.4 Å². The number of benzene rings is 1. The number of hydrogen-bond acceptors (Lipinski definition) is 7. The number of carbonyl (C=O) groups is 1. The molecule has 29 heavy (non-hydrogen) atoms. The number of morpholine rings is 1. The number of aromatic nitrogens is 1. The van der Waals surface area contributed by atoms with Gasteiger partial charge in [0.25, 0.3) is 5.91 Å². The van der Waals surface area contributed by atoms with Crippen LogP contribution in [0.3, 0.4) is 0 Å². The van der Waals surface area contributed by atoms with E-state index in [0.717, 1.165) is 10.6 Å². The minimum Gasteiger partial charge on any atom is -0.373 e. The highest BCUT2D eigenvalue weighted by Gasteiger charge is 2.30. The normalized spacial score (nSPS) is 20.5. The molecule has 0 radical (unpaired) electrons. The molecule has 1 aliphatic rings. The van der Waals surface area contributed by atoms with Crippen molar-refractivity contribution in [1.82, 2.24) is 14.6 Å². The summed E-state index contributed by atoms with van der Waals surface area (Å²) in [6.45, 7) is 4.47. The molecule has 1 saturated heterocycles. The number of carbonyl (C=O) groups excluding carboxylic acids is 1. The van der Waals surface area contributed by atoms with Gasteiger partial charge in [-0.1, -0.05) is 12.1 Å². The molecule has 1 fully saturated rings. The lowest BCUT2D eigenvalue weighted by Crippen LogP contribution is -2.49. The van der Waals surface area contributed by atoms with Gasteiger partial charge in [0, 0.05) is 35.7 Å². The van der Waals surface area contributed by atoms with Crippen molar-refractivity contribution in [2.45, 2.75) is 36.7 Å². The zero-order valence-electron chi connectivity index (χ0n) is 16.4. The predicted octanol–water partition coefficient (Wildman–Crippen LogP) is 2.60. The number of rotatable bonds is 8. The van der Waals surface area contributed by atoms with Gasteiger partial charge in [-0.05, 0) is 26.0 Å². The summed E-state index contributed by atoms with van der Waals surface area (Å²) in [6, 6.07) is 7.32. The summed E-state index contributed by atoms with van der Waals surface area (Å²) in [5.74, 6) is 0.271. The summed E-state index contributed by atoms with van der Waals surface area (Å²) in [6.07, 6.45) is -0.269. The maximum atomic E-state index is 12.6. The Morgan fingerprint density at radius 2 is 2.03 bits per heavy atom. The second-order valence-corrected chi connectivity index (χ2v) is 10.7. The van der Waals surface area contributed by atoms with Gasteiger partial charge in [-0.2, -0.15) is 4.31 Å². The van der Waals surface area contributed by atoms with Crippen LogP contribution in [0, 0.1) is 0 Å². The molecular formula is C19H25N3O4S3. The molecule has 0 saturated carbocycles. The van der Waals surface area contributed by atoms with Crippen molar-refractivity contribution in [2.24, 2.45) is 0 Å². The fourth-order valence-corrected chi connectivity index (χ4v) is 6.22. The second-order valence-electron chi connectivity index (χ2n) is 6.91. The van der Waals surface area contributed by atoms with Crippen LogP contribution in [0.1, 0.15) is 29.9 Å². The van der Waals surface area contributed by atoms with E-state index in [1.807, 2.05) is 31.4 Å². The predicted molar refractivity (Wildman–Crippen MR) is 116 cm³/mol. The molecule has 2 unspecified atom stereocenters. The second kappa shape index (κ2) is 10.0. The molecule has 2 atom stereocenters. The molecule has 2 heterocycles. The molecule has 0 aliphatic carbocycles. The van der Waals surface area contributed by atoms with Gasteiger partial charge in [0.05, 0.1) is 34.7 Å². The van der Waals surface area contributed by atoms with Crippen LogP contribution in [-0.2, 0) is 20.5 Å². The first-order chi connectivity index (χ1) is 13.8. The van der Waals surface area contributed by atoms with Crippen LogP contribution in [0.5, 0.6) is 0 Å². The Balaban J connectivity index is 1.55. The fraction of sp³-hybridized carbons (Fsp3) is 0.474. The van der Waals surface area contributed by atoms with E-state index >= 15 is 0 Å². The Hall–Kier alpha value is -1.46. The molecule has 3 rings (SSSR count). The molecule has 2 aromatic rings. The molecular weight excluding hydrogens is 430 g/mol. The van der Waals surface area contributed by atoms with E-state index < -0.39 is 10.0 Å². The number of nitrogens with zero attached hydrogens (tertiary/aromatic N) is 2. The highest BCUT2D eigenvalue weighted by molar-refractivity contribution is 7.98. The van der Waals surface area contributed by atoms with Crippen LogP contribution in [0.15, 0.2) is 40.1 Å². The number of sulfonamides is 1. The van der Waals surface area contributed by atoms with Gasteiger partial charge in [0.2, 0.25) is 10.0 Å². The van der Waals surface area contributed by atoms with E-state index in [0.29, 0.717) is 24.4 Å². The largest absolute Gasteiger partial charge is 0.373 e. The number of hydrogen-bond donors (Lipinski definition) is 1. The number of thiazole rings is 1. The van der Waals surface area contributed by atoms with Crippen LogP contribution >= 0.6 is 23.1 Å². The zero-order valence-corrected chi connectivity index (χ0v) is 18.9. The first-order valence-corrected chi connectivity index (χ1v) is 12.9. The third-order valence-electron chi connectivity index (χ3n) is 4.42. The average molecular weight is 456 g/mol. The van der Waals surface area contributed by atoms with E-state index in [1.54, 1.807) is 17.6 Å². The van der Waals surface area contributed by atoms with E-state index in [2.05, 4.69) is 10.3 Å². The van der Waals surface area contributed by atoms with E-state index in [4.69, 9.17) is 4.74 Å². The Morgan fingerprint density at radius 1 is 1.31 bits per heavy atom. The molecule has 1 amide bonds. The molecule has 0 bridgehead atoms. The van der Waals surface area contributed by atoms with Gasteiger partial charge in [-0.15, -0.1) is 23.1 Å². The molecule has 7 nitrogen and oxygen atoms in total. The van der Waals surface area contributed by atoms with Crippen molar-refractivity contribution in [1.29, 1.82) is 0 Å². The smallest absolute Gasteiger partial charge is 0.252 e. The first kappa shape index (κ1) is 22.2. The lowest BCUT2D eigenvalue weighted by atomic mass is 10.2. The third-order valence-corrected chi connectivity index (χ3v) is 7.96. The van der Waals surface area contributed by atoms with Crippen molar-refractivity contribution < 1.29 is 17.9 Å². The van der Waals surface area contributed by atoms with Gasteiger partial charge >= 0.3 is 0 Å². The van der Waals surface area contributed by atoms with Gasteiger partial charge in [-0.25, -0.2) is 13.4 Å². The van der Waals surface area contributed by atoms with Gasteiger partial charge in [0.15, 0.2) is 0 Å². The van der Waals surface area contributed by atoms with Crippen molar-refractivity contribution in [3.8, 4) is 0 Å². The first-order valence-electron chi connectivity index (χ1n) is 9.35. The van der Waals surface area contributed by atoms with E-state index in [1.165, 1.54) is 27.4 Å².